The second-order valence-corrected chi connectivity index (χ2v) is 2.91. The summed E-state index contributed by atoms with van der Waals surface area (Å²) in [5, 5.41) is 14.3. The van der Waals surface area contributed by atoms with Crippen molar-refractivity contribution in [3.05, 3.63) is 18.2 Å². The van der Waals surface area contributed by atoms with Crippen molar-refractivity contribution in [1.82, 2.24) is 4.98 Å². The van der Waals surface area contributed by atoms with Gasteiger partial charge in [0, 0.05) is 6.92 Å². The van der Waals surface area contributed by atoms with Crippen molar-refractivity contribution in [2.24, 2.45) is 0 Å². The molecule has 0 aliphatic heterocycles. The minimum atomic E-state index is -0.671. The SMILES string of the molecule is CC(=O)Nc1cccc(NC(C)O)n1. The van der Waals surface area contributed by atoms with Crippen molar-refractivity contribution >= 4 is 17.5 Å². The van der Waals surface area contributed by atoms with Crippen molar-refractivity contribution < 1.29 is 9.90 Å². The van der Waals surface area contributed by atoms with Gasteiger partial charge in [0.2, 0.25) is 5.91 Å². The van der Waals surface area contributed by atoms with E-state index < -0.39 is 6.23 Å². The maximum atomic E-state index is 10.7. The van der Waals surface area contributed by atoms with Gasteiger partial charge in [-0.25, -0.2) is 4.98 Å². The van der Waals surface area contributed by atoms with Crippen LogP contribution in [0.1, 0.15) is 13.8 Å². The van der Waals surface area contributed by atoms with Crippen LogP contribution >= 0.6 is 0 Å². The van der Waals surface area contributed by atoms with E-state index in [0.717, 1.165) is 0 Å². The molecule has 0 aromatic carbocycles. The minimum absolute atomic E-state index is 0.174. The molecule has 14 heavy (non-hydrogen) atoms. The van der Waals surface area contributed by atoms with Crippen LogP contribution in [-0.4, -0.2) is 22.2 Å². The van der Waals surface area contributed by atoms with Gasteiger partial charge in [0.15, 0.2) is 0 Å². The third-order valence-corrected chi connectivity index (χ3v) is 1.41. The van der Waals surface area contributed by atoms with Crippen LogP contribution in [0.5, 0.6) is 0 Å². The number of amides is 1. The first-order valence-corrected chi connectivity index (χ1v) is 4.27. The first-order valence-electron chi connectivity index (χ1n) is 4.27. The number of pyridine rings is 1. The molecule has 0 aliphatic carbocycles. The lowest BCUT2D eigenvalue weighted by Crippen LogP contribution is -2.15. The van der Waals surface area contributed by atoms with E-state index in [1.807, 2.05) is 0 Å². The zero-order chi connectivity index (χ0) is 10.6. The summed E-state index contributed by atoms with van der Waals surface area (Å²) in [4.78, 5) is 14.8. The number of hydrogen-bond donors (Lipinski definition) is 3. The number of nitrogens with one attached hydrogen (secondary N) is 2. The zero-order valence-electron chi connectivity index (χ0n) is 8.11. The van der Waals surface area contributed by atoms with E-state index in [2.05, 4.69) is 15.6 Å². The van der Waals surface area contributed by atoms with Gasteiger partial charge in [0.1, 0.15) is 17.9 Å². The molecule has 1 rings (SSSR count). The highest BCUT2D eigenvalue weighted by Gasteiger charge is 2.00. The summed E-state index contributed by atoms with van der Waals surface area (Å²) in [6.07, 6.45) is -0.671. The quantitative estimate of drug-likeness (QED) is 0.623. The Kier molecular flexibility index (Phi) is 3.41. The summed E-state index contributed by atoms with van der Waals surface area (Å²) < 4.78 is 0. The molecule has 0 saturated carbocycles. The fourth-order valence-electron chi connectivity index (χ4n) is 0.979. The van der Waals surface area contributed by atoms with Crippen molar-refractivity contribution in [2.45, 2.75) is 20.1 Å². The van der Waals surface area contributed by atoms with Crippen molar-refractivity contribution in [2.75, 3.05) is 10.6 Å². The lowest BCUT2D eigenvalue weighted by Gasteiger charge is -2.09. The van der Waals surface area contributed by atoms with Crippen LogP contribution in [0.25, 0.3) is 0 Å². The number of anilines is 2. The third-order valence-electron chi connectivity index (χ3n) is 1.41. The molecular formula is C9H13N3O2. The predicted molar refractivity (Wildman–Crippen MR) is 53.8 cm³/mol. The molecule has 1 aromatic rings. The molecule has 0 bridgehead atoms. The molecule has 0 spiro atoms. The lowest BCUT2D eigenvalue weighted by molar-refractivity contribution is -0.114. The average Bonchev–Trinajstić information content (AvgIpc) is 2.01. The Labute approximate surface area is 82.2 Å². The molecule has 0 radical (unpaired) electrons. The van der Waals surface area contributed by atoms with Gasteiger partial charge < -0.3 is 15.7 Å². The number of hydrogen-bond acceptors (Lipinski definition) is 4. The summed E-state index contributed by atoms with van der Waals surface area (Å²) in [6, 6.07) is 5.12. The Morgan fingerprint density at radius 3 is 2.71 bits per heavy atom. The molecule has 76 valence electrons. The molecule has 1 heterocycles. The van der Waals surface area contributed by atoms with Crippen molar-refractivity contribution in [3.63, 3.8) is 0 Å². The first-order chi connectivity index (χ1) is 6.58. The fraction of sp³-hybridized carbons (Fsp3) is 0.333. The third kappa shape index (κ3) is 3.40. The van der Waals surface area contributed by atoms with Crippen molar-refractivity contribution in [3.8, 4) is 0 Å². The molecule has 1 atom stereocenters. The number of nitrogens with zero attached hydrogens (tertiary/aromatic N) is 1. The van der Waals surface area contributed by atoms with Crippen molar-refractivity contribution in [1.29, 1.82) is 0 Å². The Morgan fingerprint density at radius 1 is 1.50 bits per heavy atom. The normalized spacial score (nSPS) is 11.9. The Morgan fingerprint density at radius 2 is 2.14 bits per heavy atom. The van der Waals surface area contributed by atoms with Gasteiger partial charge in [-0.3, -0.25) is 4.79 Å². The largest absolute Gasteiger partial charge is 0.374 e. The molecule has 5 heteroatoms. The van der Waals surface area contributed by atoms with Crippen LogP contribution in [0, 0.1) is 0 Å². The van der Waals surface area contributed by atoms with E-state index in [-0.39, 0.29) is 5.91 Å². The van der Waals surface area contributed by atoms with Gasteiger partial charge in [0.05, 0.1) is 0 Å². The lowest BCUT2D eigenvalue weighted by atomic mass is 10.4. The van der Waals surface area contributed by atoms with E-state index in [4.69, 9.17) is 5.11 Å². The summed E-state index contributed by atoms with van der Waals surface area (Å²) in [7, 11) is 0. The monoisotopic (exact) mass is 195 g/mol. The number of carbonyl (C=O) groups is 1. The number of aliphatic hydroxyl groups is 1. The zero-order valence-corrected chi connectivity index (χ0v) is 8.11. The Bertz CT molecular complexity index is 326. The Balaban J connectivity index is 2.73. The number of aromatic nitrogens is 1. The smallest absolute Gasteiger partial charge is 0.222 e. The van der Waals surface area contributed by atoms with Gasteiger partial charge in [0.25, 0.3) is 0 Å². The molecular weight excluding hydrogens is 182 g/mol. The molecule has 1 aromatic heterocycles. The van der Waals surface area contributed by atoms with Crippen LogP contribution in [-0.2, 0) is 4.79 Å². The van der Waals surface area contributed by atoms with Gasteiger partial charge in [-0.1, -0.05) is 6.07 Å². The van der Waals surface area contributed by atoms with E-state index in [1.165, 1.54) is 6.92 Å². The number of aliphatic hydroxyl groups excluding tert-OH is 1. The first kappa shape index (κ1) is 10.5. The van der Waals surface area contributed by atoms with E-state index in [1.54, 1.807) is 25.1 Å². The predicted octanol–water partition coefficient (Wildman–Crippen LogP) is 0.790. The van der Waals surface area contributed by atoms with Gasteiger partial charge in [-0.05, 0) is 19.1 Å². The second-order valence-electron chi connectivity index (χ2n) is 2.91. The standard InChI is InChI=1S/C9H13N3O2/c1-6(13)10-8-4-3-5-9(12-8)11-7(2)14/h3-6,13H,1-2H3,(H2,10,11,12,14). The maximum Gasteiger partial charge on any atom is 0.222 e. The minimum Gasteiger partial charge on any atom is -0.374 e. The molecule has 0 saturated heterocycles. The topological polar surface area (TPSA) is 74.2 Å². The number of rotatable bonds is 3. The summed E-state index contributed by atoms with van der Waals surface area (Å²) in [6.45, 7) is 3.00. The van der Waals surface area contributed by atoms with Crippen LogP contribution in [0.4, 0.5) is 11.6 Å². The second kappa shape index (κ2) is 4.57. The molecule has 1 amide bonds. The van der Waals surface area contributed by atoms with E-state index >= 15 is 0 Å². The molecule has 3 N–H and O–H groups in total. The Hall–Kier alpha value is -1.62. The van der Waals surface area contributed by atoms with Gasteiger partial charge >= 0.3 is 0 Å². The van der Waals surface area contributed by atoms with Crippen LogP contribution in [0.2, 0.25) is 0 Å². The van der Waals surface area contributed by atoms with Crippen LogP contribution in [0.3, 0.4) is 0 Å². The highest BCUT2D eigenvalue weighted by Crippen LogP contribution is 2.09. The highest BCUT2D eigenvalue weighted by molar-refractivity contribution is 5.87. The maximum absolute atomic E-state index is 10.7. The highest BCUT2D eigenvalue weighted by atomic mass is 16.3. The van der Waals surface area contributed by atoms with Gasteiger partial charge in [-0.15, -0.1) is 0 Å². The summed E-state index contributed by atoms with van der Waals surface area (Å²) in [5.74, 6) is 0.807. The van der Waals surface area contributed by atoms with E-state index in [0.29, 0.717) is 11.6 Å². The average molecular weight is 195 g/mol. The fourth-order valence-corrected chi connectivity index (χ4v) is 0.979. The molecule has 0 aliphatic rings. The summed E-state index contributed by atoms with van der Waals surface area (Å²) >= 11 is 0. The number of carbonyl (C=O) groups excluding carboxylic acids is 1. The van der Waals surface area contributed by atoms with Crippen LogP contribution < -0.4 is 10.6 Å². The summed E-state index contributed by atoms with van der Waals surface area (Å²) in [5.41, 5.74) is 0. The van der Waals surface area contributed by atoms with Gasteiger partial charge in [-0.2, -0.15) is 0 Å². The molecule has 1 unspecified atom stereocenters. The molecule has 5 nitrogen and oxygen atoms in total. The molecule has 0 fully saturated rings. The van der Waals surface area contributed by atoms with Crippen LogP contribution in [0.15, 0.2) is 18.2 Å². The van der Waals surface area contributed by atoms with E-state index in [9.17, 15) is 4.79 Å².